The van der Waals surface area contributed by atoms with Crippen molar-refractivity contribution in [3.05, 3.63) is 12.2 Å². The molecule has 1 amide bonds. The molecule has 1 aliphatic rings. The average Bonchev–Trinajstić information content (AvgIpc) is 2.27. The molecule has 0 radical (unpaired) electrons. The van der Waals surface area contributed by atoms with Crippen LogP contribution in [0.3, 0.4) is 0 Å². The highest BCUT2D eigenvalue weighted by Gasteiger charge is 2.34. The monoisotopic (exact) mass is 286 g/mol. The molecule has 0 heterocycles. The van der Waals surface area contributed by atoms with E-state index in [9.17, 15) is 9.36 Å². The Labute approximate surface area is 117 Å². The van der Waals surface area contributed by atoms with Gasteiger partial charge in [0.15, 0.2) is 0 Å². The molecule has 0 aliphatic heterocycles. The lowest BCUT2D eigenvalue weighted by atomic mass is 9.95. The van der Waals surface area contributed by atoms with Gasteiger partial charge < -0.3 is 14.8 Å². The number of hydrogen-bond donors (Lipinski definition) is 1. The standard InChI is InChI=1S/C14H27N2O2P/c1-16(2)11-7-10-14(17)15-12-8-5-6-9-13(12)19(3,4)18/h7,10,12-13H,5-6,8-9,11H2,1-4H3,(H,15,17)/b10-7+. The van der Waals surface area contributed by atoms with E-state index in [1.54, 1.807) is 6.08 Å². The molecule has 0 aromatic rings. The third-order valence-electron chi connectivity index (χ3n) is 3.60. The maximum atomic E-state index is 12.3. The summed E-state index contributed by atoms with van der Waals surface area (Å²) in [5.74, 6) is -0.0628. The fourth-order valence-corrected chi connectivity index (χ4v) is 4.52. The first-order chi connectivity index (χ1) is 8.80. The van der Waals surface area contributed by atoms with Crippen molar-refractivity contribution in [3.63, 3.8) is 0 Å². The number of nitrogens with one attached hydrogen (secondary N) is 1. The SMILES string of the molecule is CN(C)C/C=C/C(=O)NC1CCCCC1P(C)(C)=O. The van der Waals surface area contributed by atoms with E-state index in [0.29, 0.717) is 0 Å². The zero-order chi connectivity index (χ0) is 14.5. The molecule has 0 saturated heterocycles. The predicted octanol–water partition coefficient (Wildman–Crippen LogP) is 2.15. The molecule has 19 heavy (non-hydrogen) atoms. The lowest BCUT2D eigenvalue weighted by molar-refractivity contribution is -0.117. The van der Waals surface area contributed by atoms with E-state index in [-0.39, 0.29) is 17.6 Å². The van der Waals surface area contributed by atoms with Crippen LogP contribution in [0.25, 0.3) is 0 Å². The molecule has 0 aromatic carbocycles. The number of rotatable bonds is 5. The summed E-state index contributed by atoms with van der Waals surface area (Å²) < 4.78 is 12.3. The first-order valence-corrected chi connectivity index (χ1v) is 9.64. The minimum absolute atomic E-state index is 0.0628. The number of amides is 1. The highest BCUT2D eigenvalue weighted by atomic mass is 31.2. The van der Waals surface area contributed by atoms with Crippen LogP contribution in [0.5, 0.6) is 0 Å². The maximum absolute atomic E-state index is 12.3. The third-order valence-corrected chi connectivity index (χ3v) is 5.81. The molecule has 0 bridgehead atoms. The van der Waals surface area contributed by atoms with Gasteiger partial charge in [0, 0.05) is 24.3 Å². The Morgan fingerprint density at radius 3 is 2.53 bits per heavy atom. The van der Waals surface area contributed by atoms with Crippen molar-refractivity contribution in [1.29, 1.82) is 0 Å². The zero-order valence-corrected chi connectivity index (χ0v) is 13.5. The molecule has 110 valence electrons. The summed E-state index contributed by atoms with van der Waals surface area (Å²) in [7, 11) is 1.78. The van der Waals surface area contributed by atoms with Gasteiger partial charge in [-0.1, -0.05) is 18.9 Å². The lowest BCUT2D eigenvalue weighted by Crippen LogP contribution is -2.44. The van der Waals surface area contributed by atoms with Crippen LogP contribution in [0, 0.1) is 0 Å². The second-order valence-corrected chi connectivity index (χ2v) is 9.60. The first kappa shape index (κ1) is 16.5. The summed E-state index contributed by atoms with van der Waals surface area (Å²) in [4.78, 5) is 13.9. The Balaban J connectivity index is 2.55. The topological polar surface area (TPSA) is 49.4 Å². The van der Waals surface area contributed by atoms with Gasteiger partial charge >= 0.3 is 0 Å². The molecular formula is C14H27N2O2P. The Morgan fingerprint density at radius 2 is 1.95 bits per heavy atom. The summed E-state index contributed by atoms with van der Waals surface area (Å²) in [6.07, 6.45) is 7.59. The van der Waals surface area contributed by atoms with Crippen molar-refractivity contribution >= 4 is 13.0 Å². The molecule has 5 heteroatoms. The fraction of sp³-hybridized carbons (Fsp3) is 0.786. The highest BCUT2D eigenvalue weighted by Crippen LogP contribution is 2.48. The fourth-order valence-electron chi connectivity index (χ4n) is 2.63. The highest BCUT2D eigenvalue weighted by molar-refractivity contribution is 7.63. The van der Waals surface area contributed by atoms with E-state index in [0.717, 1.165) is 32.2 Å². The molecule has 1 fully saturated rings. The normalized spacial score (nSPS) is 24.9. The van der Waals surface area contributed by atoms with Crippen LogP contribution in [0.1, 0.15) is 25.7 Å². The van der Waals surface area contributed by atoms with Gasteiger partial charge in [-0.2, -0.15) is 0 Å². The second-order valence-electron chi connectivity index (χ2n) is 6.07. The van der Waals surface area contributed by atoms with Crippen molar-refractivity contribution in [2.24, 2.45) is 0 Å². The smallest absolute Gasteiger partial charge is 0.243 e. The van der Waals surface area contributed by atoms with Crippen molar-refractivity contribution in [2.45, 2.75) is 37.4 Å². The molecular weight excluding hydrogens is 259 g/mol. The molecule has 2 atom stereocenters. The van der Waals surface area contributed by atoms with Crippen molar-refractivity contribution < 1.29 is 9.36 Å². The molecule has 0 spiro atoms. The van der Waals surface area contributed by atoms with Gasteiger partial charge in [0.1, 0.15) is 0 Å². The number of carbonyl (C=O) groups is 1. The first-order valence-electron chi connectivity index (χ1n) is 6.97. The number of carbonyl (C=O) groups excluding carboxylic acids is 1. The van der Waals surface area contributed by atoms with Crippen LogP contribution in [-0.2, 0) is 9.36 Å². The van der Waals surface area contributed by atoms with Gasteiger partial charge in [-0.15, -0.1) is 0 Å². The van der Waals surface area contributed by atoms with Gasteiger partial charge in [0.05, 0.1) is 7.14 Å². The molecule has 4 nitrogen and oxygen atoms in total. The van der Waals surface area contributed by atoms with Crippen molar-refractivity contribution in [1.82, 2.24) is 10.2 Å². The Hall–Kier alpha value is -0.600. The van der Waals surface area contributed by atoms with Crippen molar-refractivity contribution in [2.75, 3.05) is 34.0 Å². The summed E-state index contributed by atoms with van der Waals surface area (Å²) in [5, 5.41) is 3.03. The third kappa shape index (κ3) is 5.92. The minimum Gasteiger partial charge on any atom is -0.349 e. The van der Waals surface area contributed by atoms with E-state index >= 15 is 0 Å². The van der Waals surface area contributed by atoms with Gasteiger partial charge in [-0.25, -0.2) is 0 Å². The van der Waals surface area contributed by atoms with Crippen LogP contribution in [-0.4, -0.2) is 56.5 Å². The van der Waals surface area contributed by atoms with E-state index in [4.69, 9.17) is 0 Å². The molecule has 1 saturated carbocycles. The predicted molar refractivity (Wildman–Crippen MR) is 81.3 cm³/mol. The summed E-state index contributed by atoms with van der Waals surface area (Å²) in [5.41, 5.74) is 0.146. The van der Waals surface area contributed by atoms with Crippen molar-refractivity contribution in [3.8, 4) is 0 Å². The summed E-state index contributed by atoms with van der Waals surface area (Å²) in [6, 6.07) is 0.0751. The summed E-state index contributed by atoms with van der Waals surface area (Å²) in [6.45, 7) is 4.43. The number of hydrogen-bond acceptors (Lipinski definition) is 3. The van der Waals surface area contributed by atoms with Gasteiger partial charge in [0.25, 0.3) is 0 Å². The molecule has 0 aromatic heterocycles. The van der Waals surface area contributed by atoms with Crippen LogP contribution in [0.2, 0.25) is 0 Å². The molecule has 2 unspecified atom stereocenters. The largest absolute Gasteiger partial charge is 0.349 e. The van der Waals surface area contributed by atoms with Crippen LogP contribution >= 0.6 is 7.14 Å². The minimum atomic E-state index is -2.14. The summed E-state index contributed by atoms with van der Waals surface area (Å²) >= 11 is 0. The lowest BCUT2D eigenvalue weighted by Gasteiger charge is -2.34. The van der Waals surface area contributed by atoms with Crippen LogP contribution in [0.4, 0.5) is 0 Å². The Morgan fingerprint density at radius 1 is 1.32 bits per heavy atom. The van der Waals surface area contributed by atoms with Gasteiger partial charge in [-0.3, -0.25) is 4.79 Å². The quantitative estimate of drug-likeness (QED) is 0.622. The molecule has 1 rings (SSSR count). The van der Waals surface area contributed by atoms with E-state index in [1.807, 2.05) is 38.4 Å². The van der Waals surface area contributed by atoms with E-state index < -0.39 is 7.14 Å². The number of likely N-dealkylation sites (N-methyl/N-ethyl adjacent to an activating group) is 1. The second kappa shape index (κ2) is 7.25. The Bertz CT molecular complexity index is 374. The van der Waals surface area contributed by atoms with E-state index in [2.05, 4.69) is 5.32 Å². The maximum Gasteiger partial charge on any atom is 0.243 e. The van der Waals surface area contributed by atoms with Gasteiger partial charge in [0.2, 0.25) is 5.91 Å². The zero-order valence-electron chi connectivity index (χ0n) is 12.6. The van der Waals surface area contributed by atoms with E-state index in [1.165, 1.54) is 0 Å². The number of nitrogens with zero attached hydrogens (tertiary/aromatic N) is 1. The average molecular weight is 286 g/mol. The van der Waals surface area contributed by atoms with Crippen LogP contribution < -0.4 is 5.32 Å². The van der Waals surface area contributed by atoms with Gasteiger partial charge in [-0.05, 0) is 40.3 Å². The molecule has 1 aliphatic carbocycles. The van der Waals surface area contributed by atoms with Crippen LogP contribution in [0.15, 0.2) is 12.2 Å². The Kier molecular flexibility index (Phi) is 6.28. The molecule has 1 N–H and O–H groups in total.